The molecule has 0 radical (unpaired) electrons. The molecule has 1 aliphatic rings. The number of nitrogens with zero attached hydrogens (tertiary/aromatic N) is 3. The van der Waals surface area contributed by atoms with E-state index in [0.717, 1.165) is 25.3 Å². The second kappa shape index (κ2) is 6.80. The fraction of sp³-hybridized carbons (Fsp3) is 0.786. The van der Waals surface area contributed by atoms with Gasteiger partial charge in [0, 0.05) is 12.5 Å². The Kier molecular flexibility index (Phi) is 5.07. The fourth-order valence-electron chi connectivity index (χ4n) is 2.63. The molecule has 1 unspecified atom stereocenters. The summed E-state index contributed by atoms with van der Waals surface area (Å²) in [4.78, 5) is 16.2. The van der Waals surface area contributed by atoms with Gasteiger partial charge in [-0.05, 0) is 52.1 Å². The van der Waals surface area contributed by atoms with Crippen molar-refractivity contribution in [1.82, 2.24) is 20.1 Å². The van der Waals surface area contributed by atoms with Gasteiger partial charge in [0.25, 0.3) is 0 Å². The monoisotopic (exact) mass is 264 g/mol. The Morgan fingerprint density at radius 2 is 2.42 bits per heavy atom. The van der Waals surface area contributed by atoms with Gasteiger partial charge in [-0.15, -0.1) is 0 Å². The van der Waals surface area contributed by atoms with E-state index in [1.54, 1.807) is 0 Å². The van der Waals surface area contributed by atoms with Crippen LogP contribution in [0.15, 0.2) is 6.33 Å². The molecule has 0 aliphatic carbocycles. The number of hydrogen-bond acceptors (Lipinski definition) is 4. The van der Waals surface area contributed by atoms with E-state index in [1.165, 1.54) is 19.2 Å². The van der Waals surface area contributed by atoms with E-state index < -0.39 is 0 Å². The first-order valence-corrected chi connectivity index (χ1v) is 7.27. The van der Waals surface area contributed by atoms with Crippen LogP contribution in [0, 0.1) is 5.92 Å². The SMILES string of the molecule is CC(C)n1ncnc1CC(=O)CCC1CCCNC1. The molecule has 0 amide bonds. The summed E-state index contributed by atoms with van der Waals surface area (Å²) in [5.41, 5.74) is 0. The number of piperidine rings is 1. The summed E-state index contributed by atoms with van der Waals surface area (Å²) in [6.45, 7) is 6.30. The number of carbonyl (C=O) groups excluding carboxylic acids is 1. The lowest BCUT2D eigenvalue weighted by Gasteiger charge is -2.22. The van der Waals surface area contributed by atoms with Crippen molar-refractivity contribution >= 4 is 5.78 Å². The van der Waals surface area contributed by atoms with Crippen LogP contribution in [-0.4, -0.2) is 33.6 Å². The Hall–Kier alpha value is -1.23. The second-order valence-electron chi connectivity index (χ2n) is 5.68. The zero-order valence-electron chi connectivity index (χ0n) is 11.9. The summed E-state index contributed by atoms with van der Waals surface area (Å²) < 4.78 is 1.83. The van der Waals surface area contributed by atoms with Crippen LogP contribution in [0.1, 0.15) is 51.4 Å². The minimum absolute atomic E-state index is 0.257. The molecule has 1 aromatic heterocycles. The third-order valence-electron chi connectivity index (χ3n) is 3.72. The van der Waals surface area contributed by atoms with Crippen LogP contribution >= 0.6 is 0 Å². The van der Waals surface area contributed by atoms with Crippen molar-refractivity contribution < 1.29 is 4.79 Å². The predicted octanol–water partition coefficient (Wildman–Crippen LogP) is 1.75. The van der Waals surface area contributed by atoms with E-state index >= 15 is 0 Å². The molecule has 19 heavy (non-hydrogen) atoms. The third-order valence-corrected chi connectivity index (χ3v) is 3.72. The van der Waals surface area contributed by atoms with Crippen molar-refractivity contribution in [3.63, 3.8) is 0 Å². The van der Waals surface area contributed by atoms with Crippen LogP contribution in [0.25, 0.3) is 0 Å². The summed E-state index contributed by atoms with van der Waals surface area (Å²) >= 11 is 0. The second-order valence-corrected chi connectivity index (χ2v) is 5.68. The van der Waals surface area contributed by atoms with Gasteiger partial charge in [0.15, 0.2) is 0 Å². The zero-order chi connectivity index (χ0) is 13.7. The van der Waals surface area contributed by atoms with Crippen molar-refractivity contribution in [1.29, 1.82) is 0 Å². The van der Waals surface area contributed by atoms with Crippen LogP contribution in [-0.2, 0) is 11.2 Å². The standard InChI is InChI=1S/C14H24N4O/c1-11(2)18-14(16-10-17-18)8-13(19)6-5-12-4-3-7-15-9-12/h10-12,15H,3-9H2,1-2H3. The highest BCUT2D eigenvalue weighted by Gasteiger charge is 2.16. The molecule has 0 spiro atoms. The van der Waals surface area contributed by atoms with E-state index in [9.17, 15) is 4.79 Å². The highest BCUT2D eigenvalue weighted by Crippen LogP contribution is 2.16. The maximum Gasteiger partial charge on any atom is 0.140 e. The minimum Gasteiger partial charge on any atom is -0.316 e. The first kappa shape index (κ1) is 14.2. The number of hydrogen-bond donors (Lipinski definition) is 1. The van der Waals surface area contributed by atoms with Gasteiger partial charge in [-0.3, -0.25) is 4.79 Å². The molecule has 1 fully saturated rings. The molecule has 1 aromatic rings. The van der Waals surface area contributed by atoms with Crippen molar-refractivity contribution in [3.8, 4) is 0 Å². The molecule has 0 bridgehead atoms. The van der Waals surface area contributed by atoms with E-state index in [4.69, 9.17) is 0 Å². The average molecular weight is 264 g/mol. The van der Waals surface area contributed by atoms with Gasteiger partial charge in [0.05, 0.1) is 6.42 Å². The van der Waals surface area contributed by atoms with Crippen molar-refractivity contribution in [2.45, 2.75) is 52.0 Å². The van der Waals surface area contributed by atoms with E-state index in [2.05, 4.69) is 29.2 Å². The lowest BCUT2D eigenvalue weighted by Crippen LogP contribution is -2.30. The van der Waals surface area contributed by atoms with Gasteiger partial charge in [0.2, 0.25) is 0 Å². The highest BCUT2D eigenvalue weighted by atomic mass is 16.1. The van der Waals surface area contributed by atoms with Gasteiger partial charge in [-0.1, -0.05) is 0 Å². The molecule has 5 heteroatoms. The summed E-state index contributed by atoms with van der Waals surface area (Å²) in [6.07, 6.45) is 6.11. The zero-order valence-corrected chi connectivity index (χ0v) is 11.9. The lowest BCUT2D eigenvalue weighted by molar-refractivity contribution is -0.118. The molecule has 0 saturated carbocycles. The fourth-order valence-corrected chi connectivity index (χ4v) is 2.63. The summed E-state index contributed by atoms with van der Waals surface area (Å²) in [5, 5.41) is 7.55. The molecule has 106 valence electrons. The molecule has 5 nitrogen and oxygen atoms in total. The van der Waals surface area contributed by atoms with E-state index in [0.29, 0.717) is 18.8 Å². The molecule has 1 saturated heterocycles. The van der Waals surface area contributed by atoms with E-state index in [1.807, 2.05) is 4.68 Å². The summed E-state index contributed by atoms with van der Waals surface area (Å²) in [6, 6.07) is 0.257. The number of aromatic nitrogens is 3. The van der Waals surface area contributed by atoms with E-state index in [-0.39, 0.29) is 11.8 Å². The van der Waals surface area contributed by atoms with Crippen LogP contribution in [0.4, 0.5) is 0 Å². The summed E-state index contributed by atoms with van der Waals surface area (Å²) in [5.74, 6) is 1.74. The Morgan fingerprint density at radius 3 is 3.11 bits per heavy atom. The maximum atomic E-state index is 12.0. The van der Waals surface area contributed by atoms with Crippen LogP contribution < -0.4 is 5.32 Å². The quantitative estimate of drug-likeness (QED) is 0.850. The Balaban J connectivity index is 1.78. The first-order chi connectivity index (χ1) is 9.16. The maximum absolute atomic E-state index is 12.0. The first-order valence-electron chi connectivity index (χ1n) is 7.27. The smallest absolute Gasteiger partial charge is 0.140 e. The minimum atomic E-state index is 0.257. The number of Topliss-reactive ketones (excluding diaryl/α,β-unsaturated/α-hetero) is 1. The van der Waals surface area contributed by atoms with Crippen LogP contribution in [0.3, 0.4) is 0 Å². The van der Waals surface area contributed by atoms with Crippen LogP contribution in [0.2, 0.25) is 0 Å². The van der Waals surface area contributed by atoms with Crippen LogP contribution in [0.5, 0.6) is 0 Å². The van der Waals surface area contributed by atoms with Gasteiger partial charge in [-0.2, -0.15) is 5.10 Å². The summed E-state index contributed by atoms with van der Waals surface area (Å²) in [7, 11) is 0. The molecular weight excluding hydrogens is 240 g/mol. The molecular formula is C14H24N4O. The average Bonchev–Trinajstić information content (AvgIpc) is 2.86. The Morgan fingerprint density at radius 1 is 1.58 bits per heavy atom. The van der Waals surface area contributed by atoms with Gasteiger partial charge in [0.1, 0.15) is 17.9 Å². The topological polar surface area (TPSA) is 59.8 Å². The van der Waals surface area contributed by atoms with Gasteiger partial charge >= 0.3 is 0 Å². The number of nitrogens with one attached hydrogen (secondary N) is 1. The van der Waals surface area contributed by atoms with Gasteiger partial charge in [-0.25, -0.2) is 9.67 Å². The Labute approximate surface area is 114 Å². The largest absolute Gasteiger partial charge is 0.316 e. The van der Waals surface area contributed by atoms with Crippen molar-refractivity contribution in [3.05, 3.63) is 12.2 Å². The van der Waals surface area contributed by atoms with Gasteiger partial charge < -0.3 is 5.32 Å². The Bertz CT molecular complexity index is 407. The van der Waals surface area contributed by atoms with Crippen molar-refractivity contribution in [2.75, 3.05) is 13.1 Å². The lowest BCUT2D eigenvalue weighted by atomic mass is 9.93. The van der Waals surface area contributed by atoms with Crippen molar-refractivity contribution in [2.24, 2.45) is 5.92 Å². The molecule has 0 aromatic carbocycles. The number of rotatable bonds is 6. The highest BCUT2D eigenvalue weighted by molar-refractivity contribution is 5.80. The molecule has 1 atom stereocenters. The normalized spacial score (nSPS) is 19.8. The molecule has 1 aliphatic heterocycles. The number of carbonyl (C=O) groups is 1. The molecule has 1 N–H and O–H groups in total. The third kappa shape index (κ3) is 4.13. The number of ketones is 1. The predicted molar refractivity (Wildman–Crippen MR) is 73.9 cm³/mol. The molecule has 2 heterocycles. The molecule has 2 rings (SSSR count).